The number of aromatic nitrogens is 1. The summed E-state index contributed by atoms with van der Waals surface area (Å²) in [5.41, 5.74) is 2.79. The van der Waals surface area contributed by atoms with Gasteiger partial charge >= 0.3 is 5.91 Å². The highest BCUT2D eigenvalue weighted by Crippen LogP contribution is 2.46. The SMILES string of the molecule is CCOc1ccc(/C(O)=C2\C(=O)C(=O)N(c3nc4ccc(CC)cc4s3)[C@@H]2c2ccc(OC)c(OC)c2)cc1. The van der Waals surface area contributed by atoms with Gasteiger partial charge in [-0.1, -0.05) is 30.4 Å². The lowest BCUT2D eigenvalue weighted by molar-refractivity contribution is -0.132. The average Bonchev–Trinajstić information content (AvgIpc) is 3.50. The first kappa shape index (κ1) is 26.2. The second-order valence-electron chi connectivity index (χ2n) is 8.89. The lowest BCUT2D eigenvalue weighted by Crippen LogP contribution is -2.29. The molecule has 1 aromatic heterocycles. The largest absolute Gasteiger partial charge is 0.507 e. The van der Waals surface area contributed by atoms with Crippen molar-refractivity contribution in [1.29, 1.82) is 0 Å². The minimum Gasteiger partial charge on any atom is -0.507 e. The number of carbonyl (C=O) groups excluding carboxylic acids is 2. The molecule has 9 heteroatoms. The second-order valence-corrected chi connectivity index (χ2v) is 9.90. The van der Waals surface area contributed by atoms with E-state index >= 15 is 0 Å². The summed E-state index contributed by atoms with van der Waals surface area (Å²) in [5, 5.41) is 11.8. The highest BCUT2D eigenvalue weighted by molar-refractivity contribution is 7.22. The van der Waals surface area contributed by atoms with E-state index in [1.807, 2.05) is 25.1 Å². The molecule has 1 saturated heterocycles. The molecule has 0 spiro atoms. The number of ether oxygens (including phenoxy) is 3. The van der Waals surface area contributed by atoms with Crippen LogP contribution < -0.4 is 19.1 Å². The number of thiazole rings is 1. The monoisotopic (exact) mass is 544 g/mol. The van der Waals surface area contributed by atoms with Crippen molar-refractivity contribution < 1.29 is 28.9 Å². The molecule has 4 aromatic rings. The van der Waals surface area contributed by atoms with Crippen molar-refractivity contribution in [3.8, 4) is 17.2 Å². The summed E-state index contributed by atoms with van der Waals surface area (Å²) in [6, 6.07) is 16.9. The Bertz CT molecular complexity index is 1590. The maximum Gasteiger partial charge on any atom is 0.301 e. The van der Waals surface area contributed by atoms with Crippen LogP contribution in [0.15, 0.2) is 66.2 Å². The summed E-state index contributed by atoms with van der Waals surface area (Å²) >= 11 is 1.33. The van der Waals surface area contributed by atoms with Crippen molar-refractivity contribution >= 4 is 44.1 Å². The Balaban J connectivity index is 1.70. The summed E-state index contributed by atoms with van der Waals surface area (Å²) in [5.74, 6) is -0.290. The zero-order valence-corrected chi connectivity index (χ0v) is 22.9. The predicted molar refractivity (Wildman–Crippen MR) is 151 cm³/mol. The van der Waals surface area contributed by atoms with E-state index in [9.17, 15) is 14.7 Å². The van der Waals surface area contributed by atoms with Crippen molar-refractivity contribution in [1.82, 2.24) is 4.98 Å². The molecule has 1 atom stereocenters. The van der Waals surface area contributed by atoms with Crippen LogP contribution in [0.5, 0.6) is 17.2 Å². The molecular formula is C30H28N2O6S. The van der Waals surface area contributed by atoms with Gasteiger partial charge in [0.25, 0.3) is 5.78 Å². The highest BCUT2D eigenvalue weighted by atomic mass is 32.1. The van der Waals surface area contributed by atoms with Gasteiger partial charge in [-0.3, -0.25) is 14.5 Å². The van der Waals surface area contributed by atoms with Gasteiger partial charge in [0.1, 0.15) is 11.5 Å². The molecule has 1 amide bonds. The summed E-state index contributed by atoms with van der Waals surface area (Å²) in [7, 11) is 3.04. The van der Waals surface area contributed by atoms with Gasteiger partial charge in [0.2, 0.25) is 0 Å². The van der Waals surface area contributed by atoms with Crippen molar-refractivity contribution in [2.24, 2.45) is 0 Å². The van der Waals surface area contributed by atoms with E-state index < -0.39 is 17.7 Å². The van der Waals surface area contributed by atoms with E-state index in [0.29, 0.717) is 40.1 Å². The van der Waals surface area contributed by atoms with Crippen LogP contribution >= 0.6 is 11.3 Å². The number of nitrogens with zero attached hydrogens (tertiary/aromatic N) is 2. The van der Waals surface area contributed by atoms with Gasteiger partial charge in [-0.05, 0) is 73.0 Å². The summed E-state index contributed by atoms with van der Waals surface area (Å²) in [4.78, 5) is 33.2. The van der Waals surface area contributed by atoms with Gasteiger partial charge in [0.15, 0.2) is 16.6 Å². The Labute approximate surface area is 230 Å². The minimum atomic E-state index is -0.942. The fourth-order valence-corrected chi connectivity index (χ4v) is 5.74. The third kappa shape index (κ3) is 4.70. The van der Waals surface area contributed by atoms with Crippen molar-refractivity contribution in [3.63, 3.8) is 0 Å². The Morgan fingerprint density at radius 2 is 1.72 bits per heavy atom. The molecule has 5 rings (SSSR count). The van der Waals surface area contributed by atoms with Crippen LogP contribution in [0.4, 0.5) is 5.13 Å². The number of methoxy groups -OCH3 is 2. The number of benzene rings is 3. The molecule has 8 nitrogen and oxygen atoms in total. The van der Waals surface area contributed by atoms with Gasteiger partial charge in [0, 0.05) is 5.56 Å². The number of carbonyl (C=O) groups is 2. The molecule has 1 N–H and O–H groups in total. The molecule has 3 aromatic carbocycles. The fraction of sp³-hybridized carbons (Fsp3) is 0.233. The first-order valence-electron chi connectivity index (χ1n) is 12.6. The first-order chi connectivity index (χ1) is 18.9. The highest BCUT2D eigenvalue weighted by Gasteiger charge is 2.48. The zero-order valence-electron chi connectivity index (χ0n) is 22.1. The number of aliphatic hydroxyl groups is 1. The zero-order chi connectivity index (χ0) is 27.7. The molecule has 39 heavy (non-hydrogen) atoms. The second kappa shape index (κ2) is 10.8. The van der Waals surface area contributed by atoms with E-state index in [1.54, 1.807) is 42.5 Å². The number of anilines is 1. The molecule has 200 valence electrons. The molecule has 2 heterocycles. The van der Waals surface area contributed by atoms with Crippen LogP contribution in [-0.4, -0.2) is 42.6 Å². The molecule has 0 radical (unpaired) electrons. The van der Waals surface area contributed by atoms with E-state index in [2.05, 4.69) is 6.92 Å². The molecule has 0 aliphatic carbocycles. The number of hydrogen-bond donors (Lipinski definition) is 1. The van der Waals surface area contributed by atoms with Crippen LogP contribution in [0.25, 0.3) is 16.0 Å². The molecule has 1 aliphatic rings. The minimum absolute atomic E-state index is 0.0371. The number of rotatable bonds is 8. The third-order valence-electron chi connectivity index (χ3n) is 6.66. The normalized spacial score (nSPS) is 16.6. The van der Waals surface area contributed by atoms with E-state index in [-0.39, 0.29) is 11.3 Å². The van der Waals surface area contributed by atoms with Crippen LogP contribution in [-0.2, 0) is 16.0 Å². The molecule has 1 fully saturated rings. The molecule has 0 bridgehead atoms. The van der Waals surface area contributed by atoms with Gasteiger partial charge in [0.05, 0.1) is 42.7 Å². The lowest BCUT2D eigenvalue weighted by Gasteiger charge is -2.23. The maximum absolute atomic E-state index is 13.6. The van der Waals surface area contributed by atoms with Gasteiger partial charge in [-0.25, -0.2) is 4.98 Å². The van der Waals surface area contributed by atoms with Crippen LogP contribution in [0.2, 0.25) is 0 Å². The number of Topliss-reactive ketones (excluding diaryl/α,β-unsaturated/α-hetero) is 1. The standard InChI is InChI=1S/C30H28N2O6S/c1-5-17-7-13-21-24(15-17)39-30(31-21)32-26(19-10-14-22(36-3)23(16-19)37-4)25(28(34)29(32)35)27(33)18-8-11-20(12-9-18)38-6-2/h7-16,26,33H,5-6H2,1-4H3/b27-25+/t26-/m1/s1. The first-order valence-corrected chi connectivity index (χ1v) is 13.4. The number of aliphatic hydroxyl groups excluding tert-OH is 1. The molecule has 1 aliphatic heterocycles. The molecular weight excluding hydrogens is 516 g/mol. The van der Waals surface area contributed by atoms with Crippen LogP contribution in [0.3, 0.4) is 0 Å². The van der Waals surface area contributed by atoms with Crippen LogP contribution in [0, 0.1) is 0 Å². The van der Waals surface area contributed by atoms with Gasteiger partial charge in [-0.15, -0.1) is 0 Å². The number of hydrogen-bond acceptors (Lipinski definition) is 8. The molecule has 0 unspecified atom stereocenters. The number of fused-ring (bicyclic) bond motifs is 1. The van der Waals surface area contributed by atoms with Gasteiger partial charge in [-0.2, -0.15) is 0 Å². The Morgan fingerprint density at radius 1 is 0.974 bits per heavy atom. The number of amides is 1. The topological polar surface area (TPSA) is 98.2 Å². The van der Waals surface area contributed by atoms with Crippen molar-refractivity contribution in [2.45, 2.75) is 26.3 Å². The summed E-state index contributed by atoms with van der Waals surface area (Å²) < 4.78 is 17.3. The van der Waals surface area contributed by atoms with Crippen LogP contribution in [0.1, 0.15) is 36.6 Å². The summed E-state index contributed by atoms with van der Waals surface area (Å²) in [6.07, 6.45) is 0.863. The average molecular weight is 545 g/mol. The van der Waals surface area contributed by atoms with E-state index in [1.165, 1.54) is 30.5 Å². The van der Waals surface area contributed by atoms with Crippen molar-refractivity contribution in [3.05, 3.63) is 82.9 Å². The Hall–Kier alpha value is -4.37. The lowest BCUT2D eigenvalue weighted by atomic mass is 9.95. The predicted octanol–water partition coefficient (Wildman–Crippen LogP) is 5.90. The van der Waals surface area contributed by atoms with E-state index in [0.717, 1.165) is 22.2 Å². The Kier molecular flexibility index (Phi) is 7.26. The smallest absolute Gasteiger partial charge is 0.301 e. The number of ketones is 1. The fourth-order valence-electron chi connectivity index (χ4n) is 4.68. The van der Waals surface area contributed by atoms with E-state index in [4.69, 9.17) is 19.2 Å². The third-order valence-corrected chi connectivity index (χ3v) is 7.68. The Morgan fingerprint density at radius 3 is 2.38 bits per heavy atom. The number of aryl methyl sites for hydroxylation is 1. The molecule has 0 saturated carbocycles. The van der Waals surface area contributed by atoms with Gasteiger partial charge < -0.3 is 19.3 Å². The summed E-state index contributed by atoms with van der Waals surface area (Å²) in [6.45, 7) is 4.45. The quantitative estimate of drug-likeness (QED) is 0.168. The van der Waals surface area contributed by atoms with Crippen molar-refractivity contribution in [2.75, 3.05) is 25.7 Å². The maximum atomic E-state index is 13.6.